The van der Waals surface area contributed by atoms with Crippen molar-refractivity contribution in [2.45, 2.75) is 44.7 Å². The largest absolute Gasteiger partial charge is 0.467 e. The molecule has 33 heavy (non-hydrogen) atoms. The summed E-state index contributed by atoms with van der Waals surface area (Å²) in [5.41, 5.74) is 4.49. The van der Waals surface area contributed by atoms with Crippen molar-refractivity contribution in [3.63, 3.8) is 0 Å². The summed E-state index contributed by atoms with van der Waals surface area (Å²) < 4.78 is 11.0. The van der Waals surface area contributed by atoms with Crippen LogP contribution < -0.4 is 15.0 Å². The number of rotatable bonds is 8. The highest BCUT2D eigenvalue weighted by atomic mass is 16.7. The molecule has 1 saturated heterocycles. The van der Waals surface area contributed by atoms with E-state index in [-0.39, 0.29) is 6.79 Å². The first-order chi connectivity index (χ1) is 16.2. The van der Waals surface area contributed by atoms with E-state index in [1.807, 2.05) is 37.3 Å². The molecule has 2 fully saturated rings. The van der Waals surface area contributed by atoms with Gasteiger partial charge in [-0.3, -0.25) is 0 Å². The summed E-state index contributed by atoms with van der Waals surface area (Å²) >= 11 is 0. The van der Waals surface area contributed by atoms with Crippen LogP contribution in [0.25, 0.3) is 22.4 Å². The zero-order chi connectivity index (χ0) is 22.6. The summed E-state index contributed by atoms with van der Waals surface area (Å²) in [5.74, 6) is 1.61. The maximum Gasteiger partial charge on any atom is 0.188 e. The Hall–Kier alpha value is -3.10. The van der Waals surface area contributed by atoms with Crippen molar-refractivity contribution in [1.29, 1.82) is 0 Å². The number of hydrogen-bond donors (Lipinski definition) is 1. The summed E-state index contributed by atoms with van der Waals surface area (Å²) in [6.07, 6.45) is 6.89. The van der Waals surface area contributed by atoms with Gasteiger partial charge >= 0.3 is 0 Å². The van der Waals surface area contributed by atoms with Crippen LogP contribution in [0.15, 0.2) is 42.6 Å². The van der Waals surface area contributed by atoms with Gasteiger partial charge in [0.1, 0.15) is 5.75 Å². The number of hydrogen-bond acceptors (Lipinski definition) is 8. The molecule has 1 aliphatic carbocycles. The van der Waals surface area contributed by atoms with Crippen molar-refractivity contribution in [1.82, 2.24) is 25.7 Å². The van der Waals surface area contributed by atoms with Gasteiger partial charge in [0.2, 0.25) is 0 Å². The molecule has 0 spiro atoms. The molecule has 0 amide bonds. The molecule has 0 unspecified atom stereocenters. The molecule has 8 heteroatoms. The fourth-order valence-corrected chi connectivity index (χ4v) is 4.44. The van der Waals surface area contributed by atoms with E-state index in [1.54, 1.807) is 13.3 Å². The van der Waals surface area contributed by atoms with E-state index in [9.17, 15) is 0 Å². The minimum absolute atomic E-state index is 0.152. The molecule has 1 aliphatic heterocycles. The highest BCUT2D eigenvalue weighted by Gasteiger charge is 2.27. The molecule has 8 nitrogen and oxygen atoms in total. The molecule has 2 aromatic heterocycles. The van der Waals surface area contributed by atoms with E-state index < -0.39 is 0 Å². The van der Waals surface area contributed by atoms with Crippen LogP contribution in [-0.2, 0) is 4.74 Å². The average molecular weight is 447 g/mol. The lowest BCUT2D eigenvalue weighted by Gasteiger charge is -2.29. The molecule has 1 atom stereocenters. The maximum absolute atomic E-state index is 5.89. The molecule has 1 aromatic carbocycles. The number of aromatic nitrogens is 4. The van der Waals surface area contributed by atoms with Crippen LogP contribution in [0.3, 0.4) is 0 Å². The van der Waals surface area contributed by atoms with Gasteiger partial charge < -0.3 is 19.7 Å². The van der Waals surface area contributed by atoms with Gasteiger partial charge in [-0.25, -0.2) is 0 Å². The standard InChI is InChI=1S/C25H30N6O2/c1-17-12-19(14-26-28-17)18-6-7-22(24(13-18)33-16-32-2)23-8-9-25(30-29-23)31-11-10-21(15-31)27-20-4-3-5-20/h6-9,12-14,20-21,27H,3-5,10-11,15-16H2,1-2H3/t21-/m1/s1. The first-order valence-electron chi connectivity index (χ1n) is 11.6. The highest BCUT2D eigenvalue weighted by Crippen LogP contribution is 2.34. The van der Waals surface area contributed by atoms with Crippen molar-refractivity contribution in [3.8, 4) is 28.1 Å². The second kappa shape index (κ2) is 9.80. The quantitative estimate of drug-likeness (QED) is 0.525. The number of aryl methyl sites for hydroxylation is 1. The molecular weight excluding hydrogens is 416 g/mol. The van der Waals surface area contributed by atoms with Gasteiger partial charge in [-0.2, -0.15) is 10.2 Å². The van der Waals surface area contributed by atoms with E-state index in [1.165, 1.54) is 19.3 Å². The van der Waals surface area contributed by atoms with Crippen LogP contribution in [0, 0.1) is 6.92 Å². The molecular formula is C25H30N6O2. The van der Waals surface area contributed by atoms with Crippen LogP contribution in [0.2, 0.25) is 0 Å². The van der Waals surface area contributed by atoms with E-state index in [0.29, 0.717) is 17.8 Å². The van der Waals surface area contributed by atoms with Crippen molar-refractivity contribution < 1.29 is 9.47 Å². The predicted molar refractivity (Wildman–Crippen MR) is 127 cm³/mol. The van der Waals surface area contributed by atoms with E-state index in [2.05, 4.69) is 36.7 Å². The third-order valence-corrected chi connectivity index (χ3v) is 6.44. The lowest BCUT2D eigenvalue weighted by molar-refractivity contribution is 0.0515. The molecule has 5 rings (SSSR count). The minimum Gasteiger partial charge on any atom is -0.467 e. The zero-order valence-corrected chi connectivity index (χ0v) is 19.2. The van der Waals surface area contributed by atoms with Crippen LogP contribution in [0.4, 0.5) is 5.82 Å². The number of benzene rings is 1. The zero-order valence-electron chi connectivity index (χ0n) is 19.2. The SMILES string of the molecule is COCOc1cc(-c2cnnc(C)c2)ccc1-c1ccc(N2CC[C@@H](NC3CCC3)C2)nn1. The lowest BCUT2D eigenvalue weighted by Crippen LogP contribution is -2.43. The molecule has 0 radical (unpaired) electrons. The van der Waals surface area contributed by atoms with Gasteiger partial charge in [-0.1, -0.05) is 12.5 Å². The second-order valence-corrected chi connectivity index (χ2v) is 8.85. The van der Waals surface area contributed by atoms with Crippen molar-refractivity contribution in [3.05, 3.63) is 48.3 Å². The Labute approximate surface area is 194 Å². The van der Waals surface area contributed by atoms with Crippen molar-refractivity contribution in [2.24, 2.45) is 0 Å². The van der Waals surface area contributed by atoms with Gasteiger partial charge in [0.05, 0.1) is 17.6 Å². The maximum atomic E-state index is 5.89. The summed E-state index contributed by atoms with van der Waals surface area (Å²) in [4.78, 5) is 2.32. The Bertz CT molecular complexity index is 1090. The first-order valence-corrected chi connectivity index (χ1v) is 11.6. The summed E-state index contributed by atoms with van der Waals surface area (Å²) in [7, 11) is 1.61. The Morgan fingerprint density at radius 1 is 1.00 bits per heavy atom. The normalized spacial score (nSPS) is 18.4. The number of nitrogens with one attached hydrogen (secondary N) is 1. The Morgan fingerprint density at radius 2 is 1.91 bits per heavy atom. The van der Waals surface area contributed by atoms with Gasteiger partial charge in [0.25, 0.3) is 0 Å². The highest BCUT2D eigenvalue weighted by molar-refractivity contribution is 5.74. The van der Waals surface area contributed by atoms with Crippen LogP contribution in [0.1, 0.15) is 31.4 Å². The fraction of sp³-hybridized carbons (Fsp3) is 0.440. The summed E-state index contributed by atoms with van der Waals surface area (Å²) in [5, 5.41) is 21.0. The smallest absolute Gasteiger partial charge is 0.188 e. The monoisotopic (exact) mass is 446 g/mol. The molecule has 3 aromatic rings. The van der Waals surface area contributed by atoms with Crippen LogP contribution in [0.5, 0.6) is 5.75 Å². The summed E-state index contributed by atoms with van der Waals surface area (Å²) in [6, 6.07) is 13.4. The number of anilines is 1. The Kier molecular flexibility index (Phi) is 6.46. The van der Waals surface area contributed by atoms with Gasteiger partial charge in [0.15, 0.2) is 12.6 Å². The minimum atomic E-state index is 0.152. The van der Waals surface area contributed by atoms with E-state index in [4.69, 9.17) is 9.47 Å². The van der Waals surface area contributed by atoms with Gasteiger partial charge in [-0.05, 0) is 62.1 Å². The number of nitrogens with zero attached hydrogens (tertiary/aromatic N) is 5. The fourth-order valence-electron chi connectivity index (χ4n) is 4.44. The molecule has 1 N–H and O–H groups in total. The van der Waals surface area contributed by atoms with Crippen LogP contribution >= 0.6 is 0 Å². The summed E-state index contributed by atoms with van der Waals surface area (Å²) in [6.45, 7) is 4.07. The van der Waals surface area contributed by atoms with Gasteiger partial charge in [0, 0.05) is 43.4 Å². The average Bonchev–Trinajstić information content (AvgIpc) is 3.29. The second-order valence-electron chi connectivity index (χ2n) is 8.85. The molecule has 1 saturated carbocycles. The van der Waals surface area contributed by atoms with Crippen molar-refractivity contribution in [2.75, 3.05) is 31.9 Å². The molecule has 172 valence electrons. The van der Waals surface area contributed by atoms with Gasteiger partial charge in [-0.15, -0.1) is 10.2 Å². The molecule has 2 aliphatic rings. The first kappa shape index (κ1) is 21.7. The predicted octanol–water partition coefficient (Wildman–Crippen LogP) is 3.61. The number of ether oxygens (including phenoxy) is 2. The Morgan fingerprint density at radius 3 is 2.64 bits per heavy atom. The molecule has 0 bridgehead atoms. The lowest BCUT2D eigenvalue weighted by atomic mass is 9.92. The topological polar surface area (TPSA) is 85.3 Å². The van der Waals surface area contributed by atoms with E-state index >= 15 is 0 Å². The van der Waals surface area contributed by atoms with Crippen molar-refractivity contribution >= 4 is 5.82 Å². The third kappa shape index (κ3) is 4.96. The molecule has 3 heterocycles. The van der Waals surface area contributed by atoms with E-state index in [0.717, 1.165) is 53.4 Å². The van der Waals surface area contributed by atoms with Crippen LogP contribution in [-0.4, -0.2) is 59.5 Å². The third-order valence-electron chi connectivity index (χ3n) is 6.44. The number of methoxy groups -OCH3 is 1. The Balaban J connectivity index is 1.34.